The zero-order valence-corrected chi connectivity index (χ0v) is 17.7. The lowest BCUT2D eigenvalue weighted by molar-refractivity contribution is -0.117. The Bertz CT molecular complexity index is 1110. The number of phenolic OH excluding ortho intramolecular Hbond substituents is 1. The third kappa shape index (κ3) is 3.91. The number of Topliss-reactive ketones (excluding diaryl/α,β-unsaturated/α-hetero) is 1. The maximum absolute atomic E-state index is 13.4. The molecule has 4 rings (SSSR count). The quantitative estimate of drug-likeness (QED) is 0.699. The zero-order valence-electron chi connectivity index (χ0n) is 17.7. The number of nitrogens with one attached hydrogen (secondary N) is 2. The fraction of sp³-hybridized carbons (Fsp3) is 0.292. The van der Waals surface area contributed by atoms with E-state index in [-0.39, 0.29) is 29.1 Å². The number of hydrogen-bond donors (Lipinski definition) is 3. The maximum Gasteiger partial charge on any atom is 0.255 e. The zero-order chi connectivity index (χ0) is 22.1. The van der Waals surface area contributed by atoms with Crippen LogP contribution in [0.25, 0.3) is 0 Å². The Hall–Kier alpha value is -3.61. The molecule has 160 valence electrons. The summed E-state index contributed by atoms with van der Waals surface area (Å²) in [5.41, 5.74) is 3.29. The number of aromatic nitrogens is 1. The van der Waals surface area contributed by atoms with Crippen molar-refractivity contribution in [1.29, 1.82) is 0 Å². The van der Waals surface area contributed by atoms with Crippen molar-refractivity contribution >= 4 is 17.5 Å². The Morgan fingerprint density at radius 2 is 2.06 bits per heavy atom. The highest BCUT2D eigenvalue weighted by molar-refractivity contribution is 6.09. The first-order valence-electron chi connectivity index (χ1n) is 10.2. The van der Waals surface area contributed by atoms with Gasteiger partial charge in [-0.05, 0) is 49.1 Å². The number of ether oxygens (including phenoxy) is 1. The number of aromatic hydroxyl groups is 1. The van der Waals surface area contributed by atoms with E-state index in [1.807, 2.05) is 13.8 Å². The van der Waals surface area contributed by atoms with Gasteiger partial charge in [0.15, 0.2) is 17.3 Å². The van der Waals surface area contributed by atoms with Crippen LogP contribution in [0.1, 0.15) is 38.2 Å². The van der Waals surface area contributed by atoms with Gasteiger partial charge in [0.25, 0.3) is 5.91 Å². The first-order valence-corrected chi connectivity index (χ1v) is 10.2. The van der Waals surface area contributed by atoms with Crippen LogP contribution in [0, 0.1) is 5.92 Å². The fourth-order valence-corrected chi connectivity index (χ4v) is 4.36. The second kappa shape index (κ2) is 8.26. The second-order valence-electron chi connectivity index (χ2n) is 8.03. The molecule has 0 bridgehead atoms. The molecule has 1 aromatic carbocycles. The molecule has 0 saturated heterocycles. The lowest BCUT2D eigenvalue weighted by atomic mass is 9.73. The molecule has 2 unspecified atom stereocenters. The van der Waals surface area contributed by atoms with E-state index in [1.54, 1.807) is 36.5 Å². The Morgan fingerprint density at radius 3 is 2.77 bits per heavy atom. The van der Waals surface area contributed by atoms with E-state index in [4.69, 9.17) is 4.74 Å². The number of carbonyl (C=O) groups is 2. The first-order chi connectivity index (χ1) is 14.9. The topological polar surface area (TPSA) is 101 Å². The van der Waals surface area contributed by atoms with Gasteiger partial charge in [-0.1, -0.05) is 19.1 Å². The number of carbonyl (C=O) groups excluding carboxylic acids is 2. The molecule has 1 aliphatic heterocycles. The number of amides is 1. The molecule has 0 radical (unpaired) electrons. The lowest BCUT2D eigenvalue weighted by Crippen LogP contribution is -2.37. The highest BCUT2D eigenvalue weighted by atomic mass is 16.5. The Kier molecular flexibility index (Phi) is 5.50. The molecule has 0 saturated carbocycles. The summed E-state index contributed by atoms with van der Waals surface area (Å²) in [6, 6.07) is 10.2. The van der Waals surface area contributed by atoms with E-state index in [1.165, 1.54) is 13.2 Å². The van der Waals surface area contributed by atoms with Gasteiger partial charge in [0, 0.05) is 41.1 Å². The van der Waals surface area contributed by atoms with Gasteiger partial charge in [-0.25, -0.2) is 4.98 Å². The second-order valence-corrected chi connectivity index (χ2v) is 8.03. The Labute approximate surface area is 180 Å². The molecule has 2 aromatic rings. The highest BCUT2D eigenvalue weighted by Crippen LogP contribution is 2.45. The molecule has 2 atom stereocenters. The van der Waals surface area contributed by atoms with Crippen LogP contribution in [-0.4, -0.2) is 28.9 Å². The van der Waals surface area contributed by atoms with E-state index in [0.717, 1.165) is 12.1 Å². The van der Waals surface area contributed by atoms with Gasteiger partial charge >= 0.3 is 0 Å². The van der Waals surface area contributed by atoms with Gasteiger partial charge in [0.05, 0.1) is 7.11 Å². The number of anilines is 1. The molecule has 0 spiro atoms. The molecule has 3 N–H and O–H groups in total. The van der Waals surface area contributed by atoms with Crippen LogP contribution >= 0.6 is 0 Å². The van der Waals surface area contributed by atoms with Crippen molar-refractivity contribution < 1.29 is 19.4 Å². The van der Waals surface area contributed by atoms with Crippen molar-refractivity contribution in [3.63, 3.8) is 0 Å². The van der Waals surface area contributed by atoms with E-state index >= 15 is 0 Å². The maximum atomic E-state index is 13.4. The van der Waals surface area contributed by atoms with Crippen LogP contribution < -0.4 is 15.4 Å². The van der Waals surface area contributed by atoms with E-state index in [2.05, 4.69) is 15.6 Å². The monoisotopic (exact) mass is 419 g/mol. The molecule has 31 heavy (non-hydrogen) atoms. The number of nitrogens with zero attached hydrogens (tertiary/aromatic N) is 1. The van der Waals surface area contributed by atoms with E-state index in [0.29, 0.717) is 34.6 Å². The van der Waals surface area contributed by atoms with Crippen LogP contribution in [0.15, 0.2) is 65.1 Å². The lowest BCUT2D eigenvalue weighted by Gasteiger charge is -2.36. The summed E-state index contributed by atoms with van der Waals surface area (Å²) in [7, 11) is 1.47. The third-order valence-corrected chi connectivity index (χ3v) is 5.72. The number of allylic oxidation sites excluding steroid dienone is 3. The number of methoxy groups -OCH3 is 1. The number of ketones is 1. The fourth-order valence-electron chi connectivity index (χ4n) is 4.36. The van der Waals surface area contributed by atoms with Crippen LogP contribution in [-0.2, 0) is 9.59 Å². The standard InChI is InChI=1S/C24H25N3O4/c1-13-10-16-23(18(29)11-13)22(15-7-8-17(28)19(12-15)31-3)21(14(2)26-16)24(30)27-20-6-4-5-9-25-20/h4-9,12-13,22,26,28H,10-11H2,1-3H3,(H,25,27,30). The predicted octanol–water partition coefficient (Wildman–Crippen LogP) is 3.65. The van der Waals surface area contributed by atoms with Gasteiger partial charge in [0.2, 0.25) is 0 Å². The van der Waals surface area contributed by atoms with Gasteiger partial charge in [-0.3, -0.25) is 9.59 Å². The van der Waals surface area contributed by atoms with E-state index in [9.17, 15) is 14.7 Å². The van der Waals surface area contributed by atoms with Crippen molar-refractivity contribution in [2.24, 2.45) is 5.92 Å². The number of phenols is 1. The number of benzene rings is 1. The van der Waals surface area contributed by atoms with Crippen molar-refractivity contribution in [3.05, 3.63) is 70.7 Å². The number of rotatable bonds is 4. The normalized spacial score (nSPS) is 20.8. The predicted molar refractivity (Wildman–Crippen MR) is 117 cm³/mol. The molecule has 1 amide bonds. The van der Waals surface area contributed by atoms with Gasteiger partial charge < -0.3 is 20.5 Å². The van der Waals surface area contributed by atoms with Crippen LogP contribution in [0.3, 0.4) is 0 Å². The molecule has 2 aliphatic rings. The molecule has 7 heteroatoms. The molecule has 1 aromatic heterocycles. The Balaban J connectivity index is 1.83. The average Bonchev–Trinajstić information content (AvgIpc) is 2.73. The summed E-state index contributed by atoms with van der Waals surface area (Å²) in [4.78, 5) is 30.7. The molecule has 1 aliphatic carbocycles. The third-order valence-electron chi connectivity index (χ3n) is 5.72. The van der Waals surface area contributed by atoms with Gasteiger partial charge in [-0.15, -0.1) is 0 Å². The molecule has 7 nitrogen and oxygen atoms in total. The average molecular weight is 419 g/mol. The minimum Gasteiger partial charge on any atom is -0.504 e. The number of hydrogen-bond acceptors (Lipinski definition) is 6. The first kappa shape index (κ1) is 20.7. The molecular weight excluding hydrogens is 394 g/mol. The smallest absolute Gasteiger partial charge is 0.255 e. The summed E-state index contributed by atoms with van der Waals surface area (Å²) < 4.78 is 5.28. The highest BCUT2D eigenvalue weighted by Gasteiger charge is 2.40. The minimum absolute atomic E-state index is 0.00170. The summed E-state index contributed by atoms with van der Waals surface area (Å²) in [6.45, 7) is 3.88. The van der Waals surface area contributed by atoms with Crippen LogP contribution in [0.2, 0.25) is 0 Å². The largest absolute Gasteiger partial charge is 0.504 e. The van der Waals surface area contributed by atoms with Crippen molar-refractivity contribution in [2.45, 2.75) is 32.6 Å². The Morgan fingerprint density at radius 1 is 1.26 bits per heavy atom. The van der Waals surface area contributed by atoms with Crippen molar-refractivity contribution in [3.8, 4) is 11.5 Å². The number of dihydropyridines is 1. The van der Waals surface area contributed by atoms with Gasteiger partial charge in [0.1, 0.15) is 5.82 Å². The number of pyridine rings is 1. The van der Waals surface area contributed by atoms with Crippen LogP contribution in [0.4, 0.5) is 5.82 Å². The summed E-state index contributed by atoms with van der Waals surface area (Å²) in [6.07, 6.45) is 2.77. The summed E-state index contributed by atoms with van der Waals surface area (Å²) in [5.74, 6) is 0.0564. The van der Waals surface area contributed by atoms with Crippen LogP contribution in [0.5, 0.6) is 11.5 Å². The SMILES string of the molecule is COc1cc(C2C(C(=O)Nc3ccccn3)=C(C)NC3=C2C(=O)CC(C)C3)ccc1O. The van der Waals surface area contributed by atoms with E-state index < -0.39 is 5.92 Å². The minimum atomic E-state index is -0.575. The molecular formula is C24H25N3O4. The van der Waals surface area contributed by atoms with Crippen molar-refractivity contribution in [1.82, 2.24) is 10.3 Å². The molecule has 2 heterocycles. The van der Waals surface area contributed by atoms with Crippen molar-refractivity contribution in [2.75, 3.05) is 12.4 Å². The summed E-state index contributed by atoms with van der Waals surface area (Å²) in [5, 5.41) is 16.2. The van der Waals surface area contributed by atoms with Gasteiger partial charge in [-0.2, -0.15) is 0 Å². The summed E-state index contributed by atoms with van der Waals surface area (Å²) >= 11 is 0. The molecule has 0 fully saturated rings.